The SMILES string of the molecule is CC(C)(Sc1nc(CCNc2cnc(-c3ccc(C(F)(F)F)cc3)cn2)cs1)C(=O)O. The highest BCUT2D eigenvalue weighted by atomic mass is 32.2. The van der Waals surface area contributed by atoms with Crippen molar-refractivity contribution in [2.75, 3.05) is 11.9 Å². The Hall–Kier alpha value is -2.66. The lowest BCUT2D eigenvalue weighted by molar-refractivity contribution is -0.139. The van der Waals surface area contributed by atoms with Crippen LogP contribution < -0.4 is 5.32 Å². The maximum atomic E-state index is 12.7. The van der Waals surface area contributed by atoms with E-state index in [0.717, 1.165) is 17.8 Å². The molecule has 0 aliphatic heterocycles. The van der Waals surface area contributed by atoms with Crippen molar-refractivity contribution >= 4 is 34.9 Å². The molecular weight excluding hydrogens is 449 g/mol. The van der Waals surface area contributed by atoms with Crippen molar-refractivity contribution in [1.82, 2.24) is 15.0 Å². The monoisotopic (exact) mass is 468 g/mol. The van der Waals surface area contributed by atoms with Gasteiger partial charge in [0.2, 0.25) is 0 Å². The van der Waals surface area contributed by atoms with Crippen molar-refractivity contribution in [2.24, 2.45) is 0 Å². The third kappa shape index (κ3) is 6.17. The maximum absolute atomic E-state index is 12.7. The first-order chi connectivity index (χ1) is 14.5. The third-order valence-corrected chi connectivity index (χ3v) is 6.41. The molecule has 0 saturated heterocycles. The van der Waals surface area contributed by atoms with Crippen molar-refractivity contribution in [3.05, 3.63) is 53.3 Å². The van der Waals surface area contributed by atoms with Gasteiger partial charge < -0.3 is 10.4 Å². The number of carboxylic acids is 1. The minimum absolute atomic E-state index is 0.474. The van der Waals surface area contributed by atoms with Crippen molar-refractivity contribution in [3.8, 4) is 11.3 Å². The Balaban J connectivity index is 1.53. The fourth-order valence-corrected chi connectivity index (χ4v) is 4.65. The first-order valence-electron chi connectivity index (χ1n) is 9.15. The highest BCUT2D eigenvalue weighted by Crippen LogP contribution is 2.34. The van der Waals surface area contributed by atoms with Gasteiger partial charge >= 0.3 is 12.1 Å². The van der Waals surface area contributed by atoms with Crippen LogP contribution in [-0.4, -0.2) is 37.3 Å². The molecular formula is C20H19F3N4O2S2. The first-order valence-corrected chi connectivity index (χ1v) is 10.8. The third-order valence-electron chi connectivity index (χ3n) is 4.24. The molecule has 0 saturated carbocycles. The van der Waals surface area contributed by atoms with Gasteiger partial charge in [-0.25, -0.2) is 9.97 Å². The fourth-order valence-electron chi connectivity index (χ4n) is 2.43. The number of nitrogens with zero attached hydrogens (tertiary/aromatic N) is 3. The van der Waals surface area contributed by atoms with Gasteiger partial charge in [0.25, 0.3) is 0 Å². The van der Waals surface area contributed by atoms with E-state index in [4.69, 9.17) is 0 Å². The van der Waals surface area contributed by atoms with Gasteiger partial charge in [-0.3, -0.25) is 9.78 Å². The van der Waals surface area contributed by atoms with Gasteiger partial charge in [-0.1, -0.05) is 23.9 Å². The Morgan fingerprint density at radius 1 is 1.16 bits per heavy atom. The Kier molecular flexibility index (Phi) is 6.85. The molecule has 164 valence electrons. The summed E-state index contributed by atoms with van der Waals surface area (Å²) in [6.07, 6.45) is -0.741. The number of benzene rings is 1. The number of halogens is 3. The number of carbonyl (C=O) groups is 1. The number of hydrogen-bond acceptors (Lipinski definition) is 7. The summed E-state index contributed by atoms with van der Waals surface area (Å²) in [5, 5.41) is 14.2. The molecule has 11 heteroatoms. The number of carboxylic acid groups (broad SMARTS) is 1. The number of aliphatic carboxylic acids is 1. The van der Waals surface area contributed by atoms with E-state index in [-0.39, 0.29) is 0 Å². The van der Waals surface area contributed by atoms with Crippen molar-refractivity contribution in [1.29, 1.82) is 0 Å². The predicted molar refractivity (Wildman–Crippen MR) is 114 cm³/mol. The molecule has 0 radical (unpaired) electrons. The van der Waals surface area contributed by atoms with Crippen LogP contribution >= 0.6 is 23.1 Å². The molecule has 3 rings (SSSR count). The Morgan fingerprint density at radius 3 is 2.45 bits per heavy atom. The molecule has 0 fully saturated rings. The van der Waals surface area contributed by atoms with Gasteiger partial charge in [0.05, 0.1) is 29.3 Å². The average Bonchev–Trinajstić information content (AvgIpc) is 3.14. The van der Waals surface area contributed by atoms with Crippen LogP contribution in [0.4, 0.5) is 19.0 Å². The molecule has 2 heterocycles. The van der Waals surface area contributed by atoms with Crippen LogP contribution in [0.25, 0.3) is 11.3 Å². The minimum atomic E-state index is -4.37. The van der Waals surface area contributed by atoms with Gasteiger partial charge in [-0.05, 0) is 26.0 Å². The molecule has 2 N–H and O–H groups in total. The zero-order valence-corrected chi connectivity index (χ0v) is 18.2. The summed E-state index contributed by atoms with van der Waals surface area (Å²) in [6.45, 7) is 3.82. The van der Waals surface area contributed by atoms with E-state index in [0.29, 0.717) is 34.4 Å². The number of nitrogens with one attached hydrogen (secondary N) is 1. The van der Waals surface area contributed by atoms with E-state index >= 15 is 0 Å². The van der Waals surface area contributed by atoms with E-state index in [1.807, 2.05) is 5.38 Å². The standard InChI is InChI=1S/C20H19F3N4O2S2/c1-19(2,17(28)29)31-18-27-14(11-30-18)7-8-24-16-10-25-15(9-26-16)12-3-5-13(6-4-12)20(21,22)23/h3-6,9-11H,7-8H2,1-2H3,(H,24,26)(H,28,29). The molecule has 1 aromatic carbocycles. The van der Waals surface area contributed by atoms with Crippen molar-refractivity contribution < 1.29 is 23.1 Å². The first kappa shape index (κ1) is 23.0. The summed E-state index contributed by atoms with van der Waals surface area (Å²) >= 11 is 2.61. The van der Waals surface area contributed by atoms with Crippen molar-refractivity contribution in [2.45, 2.75) is 35.5 Å². The minimum Gasteiger partial charge on any atom is -0.480 e. The second kappa shape index (κ2) is 9.23. The molecule has 31 heavy (non-hydrogen) atoms. The molecule has 6 nitrogen and oxygen atoms in total. The summed E-state index contributed by atoms with van der Waals surface area (Å²) < 4.78 is 37.7. The zero-order chi connectivity index (χ0) is 22.6. The summed E-state index contributed by atoms with van der Waals surface area (Å²) in [6, 6.07) is 4.76. The maximum Gasteiger partial charge on any atom is 0.416 e. The van der Waals surface area contributed by atoms with E-state index in [1.165, 1.54) is 47.6 Å². The number of alkyl halides is 3. The number of hydrogen-bond donors (Lipinski definition) is 2. The van der Waals surface area contributed by atoms with Crippen molar-refractivity contribution in [3.63, 3.8) is 0 Å². The molecule has 0 atom stereocenters. The highest BCUT2D eigenvalue weighted by molar-refractivity contribution is 8.02. The molecule has 0 spiro atoms. The van der Waals surface area contributed by atoms with Crippen LogP contribution in [0.1, 0.15) is 25.1 Å². The molecule has 2 aromatic heterocycles. The Bertz CT molecular complexity index is 1040. The Morgan fingerprint density at radius 2 is 1.87 bits per heavy atom. The number of thiazole rings is 1. The van der Waals surface area contributed by atoms with Crippen LogP contribution in [0, 0.1) is 0 Å². The second-order valence-electron chi connectivity index (χ2n) is 7.06. The van der Waals surface area contributed by atoms with Crippen LogP contribution in [0.5, 0.6) is 0 Å². The quantitative estimate of drug-likeness (QED) is 0.438. The number of anilines is 1. The van der Waals surface area contributed by atoms with Crippen LogP contribution in [0.3, 0.4) is 0 Å². The molecule has 0 aliphatic carbocycles. The van der Waals surface area contributed by atoms with Gasteiger partial charge in [0, 0.05) is 23.9 Å². The lowest BCUT2D eigenvalue weighted by Crippen LogP contribution is -2.26. The average molecular weight is 469 g/mol. The Labute approximate surface area is 185 Å². The van der Waals surface area contributed by atoms with Gasteiger partial charge in [0.1, 0.15) is 10.6 Å². The molecule has 3 aromatic rings. The van der Waals surface area contributed by atoms with E-state index in [1.54, 1.807) is 13.8 Å². The van der Waals surface area contributed by atoms with E-state index in [9.17, 15) is 23.1 Å². The summed E-state index contributed by atoms with van der Waals surface area (Å²) in [5.41, 5.74) is 1.15. The number of thioether (sulfide) groups is 1. The van der Waals surface area contributed by atoms with E-state index in [2.05, 4.69) is 20.3 Å². The molecule has 0 amide bonds. The topological polar surface area (TPSA) is 88.0 Å². The summed E-state index contributed by atoms with van der Waals surface area (Å²) in [5.74, 6) is -0.360. The fraction of sp³-hybridized carbons (Fsp3) is 0.300. The lowest BCUT2D eigenvalue weighted by Gasteiger charge is -2.15. The molecule has 0 unspecified atom stereocenters. The second-order valence-corrected chi connectivity index (χ2v) is 9.79. The van der Waals surface area contributed by atoms with E-state index < -0.39 is 22.5 Å². The largest absolute Gasteiger partial charge is 0.480 e. The van der Waals surface area contributed by atoms with Gasteiger partial charge in [-0.2, -0.15) is 13.2 Å². The van der Waals surface area contributed by atoms with Crippen LogP contribution in [0.2, 0.25) is 0 Å². The predicted octanol–water partition coefficient (Wildman–Crippen LogP) is 5.23. The molecule has 0 bridgehead atoms. The highest BCUT2D eigenvalue weighted by Gasteiger charge is 2.30. The van der Waals surface area contributed by atoms with Crippen LogP contribution in [-0.2, 0) is 17.4 Å². The smallest absolute Gasteiger partial charge is 0.416 e. The lowest BCUT2D eigenvalue weighted by atomic mass is 10.1. The number of rotatable bonds is 8. The van der Waals surface area contributed by atoms with Gasteiger partial charge in [0.15, 0.2) is 4.34 Å². The molecule has 0 aliphatic rings. The van der Waals surface area contributed by atoms with Crippen LogP contribution in [0.15, 0.2) is 46.4 Å². The number of aromatic nitrogens is 3. The zero-order valence-electron chi connectivity index (χ0n) is 16.6. The summed E-state index contributed by atoms with van der Waals surface area (Å²) in [7, 11) is 0. The summed E-state index contributed by atoms with van der Waals surface area (Å²) in [4.78, 5) is 24.2. The van der Waals surface area contributed by atoms with Gasteiger partial charge in [-0.15, -0.1) is 11.3 Å². The normalized spacial score (nSPS) is 12.0.